The van der Waals surface area contributed by atoms with Crippen LogP contribution in [-0.4, -0.2) is 26.0 Å². The number of hydrogen-bond donors (Lipinski definition) is 1. The van der Waals surface area contributed by atoms with Crippen molar-refractivity contribution >= 4 is 39.1 Å². The lowest BCUT2D eigenvalue weighted by atomic mass is 10.1. The van der Waals surface area contributed by atoms with E-state index in [1.54, 1.807) is 0 Å². The normalized spacial score (nSPS) is 15.9. The third-order valence-electron chi connectivity index (χ3n) is 4.08. The number of aryl methyl sites for hydroxylation is 1. The van der Waals surface area contributed by atoms with Gasteiger partial charge in [0.2, 0.25) is 15.9 Å². The van der Waals surface area contributed by atoms with Gasteiger partial charge in [0.25, 0.3) is 5.91 Å². The summed E-state index contributed by atoms with van der Waals surface area (Å²) in [5.41, 5.74) is 2.44. The molecule has 0 bridgehead atoms. The zero-order valence-electron chi connectivity index (χ0n) is 14.0. The number of benzene rings is 2. The highest BCUT2D eigenvalue weighted by Gasteiger charge is 2.36. The van der Waals surface area contributed by atoms with Crippen LogP contribution in [0.15, 0.2) is 42.5 Å². The number of nitrogens with zero attached hydrogens (tertiary/aromatic N) is 1. The molecule has 2 aromatic rings. The molecule has 0 spiro atoms. The standard InChI is InChI=1S/C18H17ClN2O4S/c1-12-2-4-13(5-3-12)11-20-18(23)15-7-6-14(10-16(15)19)21-17(22)8-9-26(21,24)25/h2-7,10H,8-9,11H2,1H3,(H,20,23). The molecular weight excluding hydrogens is 376 g/mol. The first-order valence-electron chi connectivity index (χ1n) is 7.97. The smallest absolute Gasteiger partial charge is 0.253 e. The zero-order valence-corrected chi connectivity index (χ0v) is 15.6. The number of amides is 2. The van der Waals surface area contributed by atoms with Gasteiger partial charge in [-0.05, 0) is 30.7 Å². The summed E-state index contributed by atoms with van der Waals surface area (Å²) in [4.78, 5) is 24.2. The summed E-state index contributed by atoms with van der Waals surface area (Å²) in [7, 11) is -3.66. The SMILES string of the molecule is Cc1ccc(CNC(=O)c2ccc(N3C(=O)CCS3(=O)=O)cc2Cl)cc1. The van der Waals surface area contributed by atoms with Crippen LogP contribution < -0.4 is 9.62 Å². The lowest BCUT2D eigenvalue weighted by molar-refractivity contribution is -0.116. The Bertz CT molecular complexity index is 971. The van der Waals surface area contributed by atoms with Crippen LogP contribution in [0, 0.1) is 6.92 Å². The lowest BCUT2D eigenvalue weighted by Crippen LogP contribution is -2.29. The number of sulfonamides is 1. The minimum Gasteiger partial charge on any atom is -0.348 e. The molecule has 1 fully saturated rings. The van der Waals surface area contributed by atoms with Gasteiger partial charge < -0.3 is 5.32 Å². The van der Waals surface area contributed by atoms with Crippen LogP contribution in [0.1, 0.15) is 27.9 Å². The Morgan fingerprint density at radius 2 is 1.88 bits per heavy atom. The van der Waals surface area contributed by atoms with Crippen molar-refractivity contribution in [2.24, 2.45) is 0 Å². The molecule has 3 rings (SSSR count). The summed E-state index contributed by atoms with van der Waals surface area (Å²) >= 11 is 6.15. The maximum absolute atomic E-state index is 12.3. The van der Waals surface area contributed by atoms with Crippen molar-refractivity contribution in [1.29, 1.82) is 0 Å². The Morgan fingerprint density at radius 3 is 2.46 bits per heavy atom. The Labute approximate surface area is 156 Å². The fourth-order valence-corrected chi connectivity index (χ4v) is 4.38. The van der Waals surface area contributed by atoms with Crippen molar-refractivity contribution in [1.82, 2.24) is 5.32 Å². The van der Waals surface area contributed by atoms with Crippen LogP contribution >= 0.6 is 11.6 Å². The predicted octanol–water partition coefficient (Wildman–Crippen LogP) is 2.64. The van der Waals surface area contributed by atoms with Crippen molar-refractivity contribution in [3.8, 4) is 0 Å². The van der Waals surface area contributed by atoms with Gasteiger partial charge in [0.05, 0.1) is 22.0 Å². The summed E-state index contributed by atoms with van der Waals surface area (Å²) in [5.74, 6) is -1.10. The molecule has 1 N–H and O–H groups in total. The van der Waals surface area contributed by atoms with E-state index in [1.807, 2.05) is 31.2 Å². The second kappa shape index (κ2) is 7.09. The van der Waals surface area contributed by atoms with Gasteiger partial charge in [-0.2, -0.15) is 0 Å². The average molecular weight is 393 g/mol. The first-order valence-corrected chi connectivity index (χ1v) is 9.96. The van der Waals surface area contributed by atoms with E-state index >= 15 is 0 Å². The highest BCUT2D eigenvalue weighted by Crippen LogP contribution is 2.29. The molecule has 0 unspecified atom stereocenters. The van der Waals surface area contributed by atoms with Crippen molar-refractivity contribution < 1.29 is 18.0 Å². The largest absolute Gasteiger partial charge is 0.348 e. The lowest BCUT2D eigenvalue weighted by Gasteiger charge is -2.16. The van der Waals surface area contributed by atoms with E-state index in [4.69, 9.17) is 11.6 Å². The van der Waals surface area contributed by atoms with Crippen LogP contribution in [-0.2, 0) is 21.4 Å². The van der Waals surface area contributed by atoms with Gasteiger partial charge in [0, 0.05) is 13.0 Å². The topological polar surface area (TPSA) is 83.6 Å². The molecule has 26 heavy (non-hydrogen) atoms. The molecule has 1 aliphatic rings. The molecule has 1 aliphatic heterocycles. The van der Waals surface area contributed by atoms with Crippen LogP contribution in [0.2, 0.25) is 5.02 Å². The predicted molar refractivity (Wildman–Crippen MR) is 99.7 cm³/mol. The summed E-state index contributed by atoms with van der Waals surface area (Å²) < 4.78 is 24.7. The number of carbonyl (C=O) groups excluding carboxylic acids is 2. The van der Waals surface area contributed by atoms with E-state index in [0.29, 0.717) is 6.54 Å². The summed E-state index contributed by atoms with van der Waals surface area (Å²) in [6.07, 6.45) is -0.0568. The van der Waals surface area contributed by atoms with E-state index in [-0.39, 0.29) is 34.4 Å². The number of carbonyl (C=O) groups is 2. The number of anilines is 1. The van der Waals surface area contributed by atoms with Gasteiger partial charge in [-0.1, -0.05) is 41.4 Å². The van der Waals surface area contributed by atoms with E-state index in [0.717, 1.165) is 15.4 Å². The Balaban J connectivity index is 1.76. The van der Waals surface area contributed by atoms with Gasteiger partial charge in [-0.15, -0.1) is 0 Å². The summed E-state index contributed by atoms with van der Waals surface area (Å²) in [6.45, 7) is 2.32. The second-order valence-corrected chi connectivity index (χ2v) is 8.40. The molecule has 0 atom stereocenters. The van der Waals surface area contributed by atoms with E-state index in [1.165, 1.54) is 18.2 Å². The monoisotopic (exact) mass is 392 g/mol. The molecular formula is C18H17ClN2O4S. The minimum absolute atomic E-state index is 0.0568. The quantitative estimate of drug-likeness (QED) is 0.866. The van der Waals surface area contributed by atoms with Crippen LogP contribution in [0.25, 0.3) is 0 Å². The fourth-order valence-electron chi connectivity index (χ4n) is 2.67. The molecule has 0 saturated carbocycles. The Kier molecular flexibility index (Phi) is 5.02. The molecule has 136 valence electrons. The fraction of sp³-hybridized carbons (Fsp3) is 0.222. The van der Waals surface area contributed by atoms with Crippen LogP contribution in [0.4, 0.5) is 5.69 Å². The molecule has 6 nitrogen and oxygen atoms in total. The molecule has 0 aliphatic carbocycles. The van der Waals surface area contributed by atoms with Crippen LogP contribution in [0.5, 0.6) is 0 Å². The maximum Gasteiger partial charge on any atom is 0.253 e. The Hall–Kier alpha value is -2.38. The first kappa shape index (κ1) is 18.4. The summed E-state index contributed by atoms with van der Waals surface area (Å²) in [6, 6.07) is 11.9. The molecule has 8 heteroatoms. The Morgan fingerprint density at radius 1 is 1.19 bits per heavy atom. The average Bonchev–Trinajstić information content (AvgIpc) is 2.87. The molecule has 2 aromatic carbocycles. The zero-order chi connectivity index (χ0) is 18.9. The van der Waals surface area contributed by atoms with Crippen molar-refractivity contribution in [2.75, 3.05) is 10.1 Å². The molecule has 2 amide bonds. The van der Waals surface area contributed by atoms with Crippen molar-refractivity contribution in [2.45, 2.75) is 19.9 Å². The summed E-state index contributed by atoms with van der Waals surface area (Å²) in [5, 5.41) is 2.85. The van der Waals surface area contributed by atoms with E-state index in [2.05, 4.69) is 5.32 Å². The molecule has 0 aromatic heterocycles. The van der Waals surface area contributed by atoms with Gasteiger partial charge in [0.15, 0.2) is 0 Å². The highest BCUT2D eigenvalue weighted by atomic mass is 35.5. The third kappa shape index (κ3) is 3.73. The minimum atomic E-state index is -3.66. The van der Waals surface area contributed by atoms with Crippen molar-refractivity contribution in [3.05, 3.63) is 64.2 Å². The van der Waals surface area contributed by atoms with Gasteiger partial charge in [0.1, 0.15) is 0 Å². The number of rotatable bonds is 4. The maximum atomic E-state index is 12.3. The second-order valence-electron chi connectivity index (χ2n) is 6.06. The van der Waals surface area contributed by atoms with Crippen molar-refractivity contribution in [3.63, 3.8) is 0 Å². The molecule has 0 radical (unpaired) electrons. The van der Waals surface area contributed by atoms with Gasteiger partial charge in [-0.3, -0.25) is 9.59 Å². The molecule has 1 heterocycles. The van der Waals surface area contributed by atoms with Crippen LogP contribution in [0.3, 0.4) is 0 Å². The number of halogens is 1. The van der Waals surface area contributed by atoms with E-state index in [9.17, 15) is 18.0 Å². The first-order chi connectivity index (χ1) is 12.3. The number of nitrogens with one attached hydrogen (secondary N) is 1. The highest BCUT2D eigenvalue weighted by molar-refractivity contribution is 7.94. The van der Waals surface area contributed by atoms with Gasteiger partial charge >= 0.3 is 0 Å². The number of hydrogen-bond acceptors (Lipinski definition) is 4. The van der Waals surface area contributed by atoms with Gasteiger partial charge in [-0.25, -0.2) is 12.7 Å². The van der Waals surface area contributed by atoms with E-state index < -0.39 is 15.9 Å². The molecule has 1 saturated heterocycles. The third-order valence-corrected chi connectivity index (χ3v) is 6.09.